The fourth-order valence-corrected chi connectivity index (χ4v) is 5.38. The van der Waals surface area contributed by atoms with E-state index in [-0.39, 0.29) is 23.5 Å². The Labute approximate surface area is 223 Å². The number of fused-ring (bicyclic) bond motifs is 1. The second kappa shape index (κ2) is 11.6. The van der Waals surface area contributed by atoms with Crippen LogP contribution in [-0.4, -0.2) is 42.6 Å². The lowest BCUT2D eigenvalue weighted by molar-refractivity contribution is -0.139. The van der Waals surface area contributed by atoms with Gasteiger partial charge in [0.05, 0.1) is 42.7 Å². The third-order valence-electron chi connectivity index (χ3n) is 5.91. The molecule has 0 unspecified atom stereocenters. The van der Waals surface area contributed by atoms with Gasteiger partial charge in [0.2, 0.25) is 0 Å². The number of hydrogen-bond donors (Lipinski definition) is 1. The zero-order valence-corrected chi connectivity index (χ0v) is 22.8. The monoisotopic (exact) mass is 538 g/mol. The molecule has 0 spiro atoms. The van der Waals surface area contributed by atoms with Gasteiger partial charge in [-0.1, -0.05) is 29.5 Å². The van der Waals surface area contributed by atoms with Gasteiger partial charge in [-0.05, 0) is 57.5 Å². The first-order valence-electron chi connectivity index (χ1n) is 12.3. The van der Waals surface area contributed by atoms with E-state index in [0.717, 1.165) is 0 Å². The first-order valence-corrected chi connectivity index (χ1v) is 13.1. The Morgan fingerprint density at radius 2 is 1.87 bits per heavy atom. The Morgan fingerprint density at radius 1 is 1.11 bits per heavy atom. The average molecular weight is 539 g/mol. The maximum atomic E-state index is 13.9. The summed E-state index contributed by atoms with van der Waals surface area (Å²) in [5.41, 5.74) is 1.63. The van der Waals surface area contributed by atoms with E-state index in [0.29, 0.717) is 56.6 Å². The van der Waals surface area contributed by atoms with Crippen LogP contribution in [0.4, 0.5) is 0 Å². The lowest BCUT2D eigenvalue weighted by Gasteiger charge is -2.26. The predicted octanol–water partition coefficient (Wildman–Crippen LogP) is 3.31. The highest BCUT2D eigenvalue weighted by Crippen LogP contribution is 2.40. The van der Waals surface area contributed by atoms with Gasteiger partial charge in [-0.3, -0.25) is 9.36 Å². The summed E-state index contributed by atoms with van der Waals surface area (Å²) in [6.45, 7) is 8.04. The molecule has 0 aliphatic carbocycles. The Bertz CT molecular complexity index is 1570. The molecule has 1 aliphatic rings. The third kappa shape index (κ3) is 5.04. The number of carbonyl (C=O) groups is 1. The first-order chi connectivity index (χ1) is 18.3. The number of para-hydroxylation sites is 1. The number of allylic oxidation sites excluding steroid dienone is 1. The first kappa shape index (κ1) is 27.0. The predicted molar refractivity (Wildman–Crippen MR) is 144 cm³/mol. The number of phenolic OH excluding ortho intramolecular Hbond substituents is 1. The SMILES string of the molecule is CCOC(=O)C1=C(C)N=c2s/c(=C/c3ccc(O)c(OCC)c3)c(=O)n2[C@@H]1c1cccc(OC)c1OCC. The van der Waals surface area contributed by atoms with Crippen LogP contribution in [0.2, 0.25) is 0 Å². The number of rotatable bonds is 9. The molecular weight excluding hydrogens is 508 g/mol. The summed E-state index contributed by atoms with van der Waals surface area (Å²) in [6.07, 6.45) is 1.71. The second-order valence-corrected chi connectivity index (χ2v) is 9.28. The number of thiazole rings is 1. The minimum Gasteiger partial charge on any atom is -0.504 e. The Morgan fingerprint density at radius 3 is 2.55 bits per heavy atom. The van der Waals surface area contributed by atoms with Gasteiger partial charge in [-0.15, -0.1) is 0 Å². The quantitative estimate of drug-likeness (QED) is 0.417. The highest BCUT2D eigenvalue weighted by atomic mass is 32.1. The minimum absolute atomic E-state index is 0.0154. The number of ether oxygens (including phenoxy) is 4. The molecule has 2 heterocycles. The van der Waals surface area contributed by atoms with E-state index in [9.17, 15) is 14.7 Å². The van der Waals surface area contributed by atoms with Crippen molar-refractivity contribution in [2.45, 2.75) is 33.7 Å². The van der Waals surface area contributed by atoms with Gasteiger partial charge in [-0.2, -0.15) is 0 Å². The van der Waals surface area contributed by atoms with E-state index in [2.05, 4.69) is 4.99 Å². The van der Waals surface area contributed by atoms with Crippen molar-refractivity contribution < 1.29 is 28.8 Å². The second-order valence-electron chi connectivity index (χ2n) is 8.27. The number of aromatic hydroxyl groups is 1. The number of benzene rings is 2. The van der Waals surface area contributed by atoms with Crippen molar-refractivity contribution >= 4 is 23.4 Å². The summed E-state index contributed by atoms with van der Waals surface area (Å²) in [6, 6.07) is 9.39. The van der Waals surface area contributed by atoms with E-state index in [4.69, 9.17) is 18.9 Å². The Hall–Kier alpha value is -4.05. The fraction of sp³-hybridized carbons (Fsp3) is 0.321. The van der Waals surface area contributed by atoms with E-state index in [1.807, 2.05) is 19.9 Å². The number of esters is 1. The summed E-state index contributed by atoms with van der Waals surface area (Å²) >= 11 is 1.21. The van der Waals surface area contributed by atoms with E-state index < -0.39 is 12.0 Å². The van der Waals surface area contributed by atoms with E-state index in [1.165, 1.54) is 29.1 Å². The van der Waals surface area contributed by atoms with Crippen LogP contribution < -0.4 is 29.1 Å². The van der Waals surface area contributed by atoms with Gasteiger partial charge in [0.15, 0.2) is 27.8 Å². The topological polar surface area (TPSA) is 109 Å². The molecule has 1 aromatic heterocycles. The molecule has 0 saturated carbocycles. The summed E-state index contributed by atoms with van der Waals surface area (Å²) < 4.78 is 24.3. The van der Waals surface area contributed by atoms with Crippen LogP contribution in [0.25, 0.3) is 6.08 Å². The van der Waals surface area contributed by atoms with E-state index >= 15 is 0 Å². The van der Waals surface area contributed by atoms with Crippen LogP contribution >= 0.6 is 11.3 Å². The standard InChI is InChI=1S/C28H30N2O7S/c1-6-35-21-14-17(12-13-19(21)31)15-22-26(32)30-24(18-10-9-11-20(34-5)25(18)36-7-2)23(27(33)37-8-3)16(4)29-28(30)38-22/h9-15,24,31H,6-8H2,1-5H3/b22-15+/t24-/m1/s1. The summed E-state index contributed by atoms with van der Waals surface area (Å²) in [4.78, 5) is 32.1. The van der Waals surface area contributed by atoms with Gasteiger partial charge in [0.25, 0.3) is 5.56 Å². The van der Waals surface area contributed by atoms with E-state index in [1.54, 1.807) is 44.2 Å². The number of carbonyl (C=O) groups excluding carboxylic acids is 1. The van der Waals surface area contributed by atoms with Crippen LogP contribution in [0.5, 0.6) is 23.0 Å². The number of hydrogen-bond acceptors (Lipinski definition) is 9. The Kier molecular flexibility index (Phi) is 8.21. The zero-order valence-electron chi connectivity index (χ0n) is 21.9. The molecule has 200 valence electrons. The molecule has 2 aromatic carbocycles. The van der Waals surface area contributed by atoms with Crippen molar-refractivity contribution in [3.8, 4) is 23.0 Å². The molecule has 1 atom stereocenters. The highest BCUT2D eigenvalue weighted by Gasteiger charge is 2.36. The molecule has 1 N–H and O–H groups in total. The molecule has 10 heteroatoms. The highest BCUT2D eigenvalue weighted by molar-refractivity contribution is 7.07. The van der Waals surface area contributed by atoms with Crippen molar-refractivity contribution in [3.05, 3.63) is 78.5 Å². The molecule has 4 rings (SSSR count). The minimum atomic E-state index is -0.845. The molecule has 0 bridgehead atoms. The lowest BCUT2D eigenvalue weighted by atomic mass is 9.94. The number of phenols is 1. The van der Waals surface area contributed by atoms with Crippen molar-refractivity contribution in [2.75, 3.05) is 26.9 Å². The molecule has 0 amide bonds. The van der Waals surface area contributed by atoms with Gasteiger partial charge in [0, 0.05) is 5.56 Å². The summed E-state index contributed by atoms with van der Waals surface area (Å²) in [7, 11) is 1.54. The molecule has 0 radical (unpaired) electrons. The third-order valence-corrected chi connectivity index (χ3v) is 6.89. The van der Waals surface area contributed by atoms with Gasteiger partial charge < -0.3 is 24.1 Å². The Balaban J connectivity index is 1.99. The molecule has 9 nitrogen and oxygen atoms in total. The molecule has 1 aliphatic heterocycles. The molecular formula is C28H30N2O7S. The lowest BCUT2D eigenvalue weighted by Crippen LogP contribution is -2.40. The van der Waals surface area contributed by atoms with Crippen molar-refractivity contribution in [1.29, 1.82) is 0 Å². The maximum Gasteiger partial charge on any atom is 0.338 e. The van der Waals surface area contributed by atoms with Crippen LogP contribution in [0.15, 0.2) is 57.5 Å². The summed E-state index contributed by atoms with van der Waals surface area (Å²) in [5.74, 6) is 0.704. The number of methoxy groups -OCH3 is 1. The van der Waals surface area contributed by atoms with Gasteiger partial charge in [0.1, 0.15) is 6.04 Å². The molecule has 0 saturated heterocycles. The molecule has 0 fully saturated rings. The average Bonchev–Trinajstić information content (AvgIpc) is 3.20. The smallest absolute Gasteiger partial charge is 0.338 e. The van der Waals surface area contributed by atoms with Crippen molar-refractivity contribution in [3.63, 3.8) is 0 Å². The van der Waals surface area contributed by atoms with Crippen LogP contribution in [0.1, 0.15) is 44.9 Å². The fourth-order valence-electron chi connectivity index (χ4n) is 4.34. The molecule has 3 aromatic rings. The van der Waals surface area contributed by atoms with Crippen molar-refractivity contribution in [2.24, 2.45) is 4.99 Å². The van der Waals surface area contributed by atoms with Crippen LogP contribution in [0.3, 0.4) is 0 Å². The number of nitrogens with zero attached hydrogens (tertiary/aromatic N) is 2. The zero-order chi connectivity index (χ0) is 27.4. The largest absolute Gasteiger partial charge is 0.504 e. The van der Waals surface area contributed by atoms with Gasteiger partial charge in [-0.25, -0.2) is 9.79 Å². The normalized spacial score (nSPS) is 15.1. The maximum absolute atomic E-state index is 13.9. The van der Waals surface area contributed by atoms with Gasteiger partial charge >= 0.3 is 5.97 Å². The van der Waals surface area contributed by atoms with Crippen LogP contribution in [-0.2, 0) is 9.53 Å². The number of aromatic nitrogens is 1. The molecule has 38 heavy (non-hydrogen) atoms. The van der Waals surface area contributed by atoms with Crippen molar-refractivity contribution in [1.82, 2.24) is 4.57 Å². The van der Waals surface area contributed by atoms with Crippen LogP contribution in [0, 0.1) is 0 Å². The summed E-state index contributed by atoms with van der Waals surface area (Å²) in [5, 5.41) is 10.1.